The van der Waals surface area contributed by atoms with Crippen LogP contribution < -0.4 is 5.56 Å². The highest BCUT2D eigenvalue weighted by Gasteiger charge is 2.38. The van der Waals surface area contributed by atoms with Crippen LogP contribution in [0.1, 0.15) is 35.8 Å². The standard InChI is InChI=1S/C17H25N3O4/c1-11(2)13-4-3-12(16(22)18-13)17(23)20-9-14(15(21)10-20)19-5-7-24-8-6-19/h3-4,11,14-15,21H,5-10H2,1-2H3,(H,18,22)/t14-,15-/m1/s1. The first-order valence-corrected chi connectivity index (χ1v) is 8.49. The second-order valence-electron chi connectivity index (χ2n) is 6.80. The van der Waals surface area contributed by atoms with Gasteiger partial charge in [-0.05, 0) is 18.1 Å². The summed E-state index contributed by atoms with van der Waals surface area (Å²) >= 11 is 0. The number of nitrogens with zero attached hydrogens (tertiary/aromatic N) is 2. The molecule has 0 spiro atoms. The predicted molar refractivity (Wildman–Crippen MR) is 89.2 cm³/mol. The Kier molecular flexibility index (Phi) is 5.03. The highest BCUT2D eigenvalue weighted by molar-refractivity contribution is 5.94. The number of β-amino-alcohol motifs (C(OH)–C–C–N with tert-alkyl or cyclic N) is 1. The van der Waals surface area contributed by atoms with E-state index in [-0.39, 0.29) is 35.5 Å². The fourth-order valence-electron chi connectivity index (χ4n) is 3.37. The van der Waals surface area contributed by atoms with Crippen molar-refractivity contribution in [3.8, 4) is 0 Å². The van der Waals surface area contributed by atoms with Crippen molar-refractivity contribution < 1.29 is 14.6 Å². The van der Waals surface area contributed by atoms with Crippen LogP contribution in [0.2, 0.25) is 0 Å². The number of aromatic nitrogens is 1. The molecule has 2 fully saturated rings. The molecule has 1 aromatic rings. The van der Waals surface area contributed by atoms with Crippen LogP contribution in [-0.2, 0) is 4.74 Å². The monoisotopic (exact) mass is 335 g/mol. The summed E-state index contributed by atoms with van der Waals surface area (Å²) in [7, 11) is 0. The van der Waals surface area contributed by atoms with Crippen LogP contribution in [0.4, 0.5) is 0 Å². The van der Waals surface area contributed by atoms with Gasteiger partial charge in [0.05, 0.1) is 25.4 Å². The van der Waals surface area contributed by atoms with Crippen molar-refractivity contribution in [1.82, 2.24) is 14.8 Å². The molecule has 1 amide bonds. The van der Waals surface area contributed by atoms with Crippen LogP contribution >= 0.6 is 0 Å². The number of aliphatic hydroxyl groups is 1. The quantitative estimate of drug-likeness (QED) is 0.813. The van der Waals surface area contributed by atoms with E-state index in [1.54, 1.807) is 17.0 Å². The van der Waals surface area contributed by atoms with Gasteiger partial charge in [-0.1, -0.05) is 13.8 Å². The van der Waals surface area contributed by atoms with E-state index in [0.29, 0.717) is 19.8 Å². The minimum atomic E-state index is -0.596. The van der Waals surface area contributed by atoms with Crippen molar-refractivity contribution in [3.05, 3.63) is 33.7 Å². The average molecular weight is 335 g/mol. The minimum absolute atomic E-state index is 0.0909. The molecule has 3 heterocycles. The van der Waals surface area contributed by atoms with E-state index in [9.17, 15) is 14.7 Å². The fraction of sp³-hybridized carbons (Fsp3) is 0.647. The van der Waals surface area contributed by atoms with Crippen LogP contribution in [-0.4, -0.2) is 77.3 Å². The summed E-state index contributed by atoms with van der Waals surface area (Å²) in [5, 5.41) is 10.3. The molecule has 2 saturated heterocycles. The van der Waals surface area contributed by atoms with E-state index < -0.39 is 6.10 Å². The molecule has 2 N–H and O–H groups in total. The van der Waals surface area contributed by atoms with Gasteiger partial charge in [0, 0.05) is 31.9 Å². The summed E-state index contributed by atoms with van der Waals surface area (Å²) in [6.45, 7) is 7.46. The second kappa shape index (κ2) is 7.04. The number of carbonyl (C=O) groups is 1. The molecule has 2 atom stereocenters. The maximum atomic E-state index is 12.7. The van der Waals surface area contributed by atoms with Crippen LogP contribution in [0.25, 0.3) is 0 Å². The van der Waals surface area contributed by atoms with Gasteiger partial charge in [-0.2, -0.15) is 0 Å². The van der Waals surface area contributed by atoms with Gasteiger partial charge in [-0.3, -0.25) is 14.5 Å². The van der Waals surface area contributed by atoms with E-state index in [2.05, 4.69) is 9.88 Å². The molecule has 132 valence electrons. The van der Waals surface area contributed by atoms with E-state index in [0.717, 1.165) is 18.8 Å². The molecule has 1 aromatic heterocycles. The highest BCUT2D eigenvalue weighted by atomic mass is 16.5. The van der Waals surface area contributed by atoms with E-state index in [1.807, 2.05) is 13.8 Å². The van der Waals surface area contributed by atoms with Crippen LogP contribution in [0.15, 0.2) is 16.9 Å². The Balaban J connectivity index is 1.73. The van der Waals surface area contributed by atoms with Crippen LogP contribution in [0.5, 0.6) is 0 Å². The second-order valence-corrected chi connectivity index (χ2v) is 6.80. The third-order valence-electron chi connectivity index (χ3n) is 4.85. The molecule has 0 aliphatic carbocycles. The van der Waals surface area contributed by atoms with E-state index in [1.165, 1.54) is 0 Å². The molecular formula is C17H25N3O4. The van der Waals surface area contributed by atoms with Gasteiger partial charge in [0.1, 0.15) is 5.56 Å². The summed E-state index contributed by atoms with van der Waals surface area (Å²) in [4.78, 5) is 31.4. The summed E-state index contributed by atoms with van der Waals surface area (Å²) < 4.78 is 5.34. The Morgan fingerprint density at radius 1 is 1.29 bits per heavy atom. The summed E-state index contributed by atoms with van der Waals surface area (Å²) in [6.07, 6.45) is -0.596. The minimum Gasteiger partial charge on any atom is -0.390 e. The number of pyridine rings is 1. The van der Waals surface area contributed by atoms with Crippen molar-refractivity contribution in [3.63, 3.8) is 0 Å². The Bertz CT molecular complexity index is 651. The number of nitrogens with one attached hydrogen (secondary N) is 1. The van der Waals surface area contributed by atoms with Crippen molar-refractivity contribution >= 4 is 5.91 Å². The molecular weight excluding hydrogens is 310 g/mol. The number of morpholine rings is 1. The first-order chi connectivity index (χ1) is 11.5. The number of H-pyrrole nitrogens is 1. The maximum absolute atomic E-state index is 12.7. The van der Waals surface area contributed by atoms with E-state index >= 15 is 0 Å². The lowest BCUT2D eigenvalue weighted by molar-refractivity contribution is -0.00611. The number of likely N-dealkylation sites (tertiary alicyclic amines) is 1. The van der Waals surface area contributed by atoms with Crippen LogP contribution in [0.3, 0.4) is 0 Å². The molecule has 2 aliphatic rings. The Hall–Kier alpha value is -1.70. The third kappa shape index (κ3) is 3.38. The first-order valence-electron chi connectivity index (χ1n) is 8.49. The van der Waals surface area contributed by atoms with Gasteiger partial charge in [-0.15, -0.1) is 0 Å². The van der Waals surface area contributed by atoms with E-state index in [4.69, 9.17) is 4.74 Å². The number of amides is 1. The lowest BCUT2D eigenvalue weighted by Gasteiger charge is -2.33. The number of aromatic amines is 1. The highest BCUT2D eigenvalue weighted by Crippen LogP contribution is 2.19. The molecule has 24 heavy (non-hydrogen) atoms. The topological polar surface area (TPSA) is 85.9 Å². The molecule has 7 nitrogen and oxygen atoms in total. The Morgan fingerprint density at radius 2 is 2.00 bits per heavy atom. The molecule has 0 bridgehead atoms. The van der Waals surface area contributed by atoms with Gasteiger partial charge in [-0.25, -0.2) is 0 Å². The molecule has 0 unspecified atom stereocenters. The number of aliphatic hydroxyl groups excluding tert-OH is 1. The van der Waals surface area contributed by atoms with Crippen molar-refractivity contribution in [2.24, 2.45) is 0 Å². The van der Waals surface area contributed by atoms with Gasteiger partial charge in [0.15, 0.2) is 0 Å². The first kappa shape index (κ1) is 17.1. The van der Waals surface area contributed by atoms with Crippen molar-refractivity contribution in [2.75, 3.05) is 39.4 Å². The number of rotatable bonds is 3. The summed E-state index contributed by atoms with van der Waals surface area (Å²) in [5.74, 6) is -0.123. The Labute approximate surface area is 141 Å². The lowest BCUT2D eigenvalue weighted by atomic mass is 10.1. The van der Waals surface area contributed by atoms with Gasteiger partial charge < -0.3 is 19.7 Å². The zero-order valence-corrected chi connectivity index (χ0v) is 14.2. The number of hydrogen-bond acceptors (Lipinski definition) is 5. The SMILES string of the molecule is CC(C)c1ccc(C(=O)N2C[C@@H](O)[C@H](N3CCOCC3)C2)c(=O)[nH]1. The molecule has 0 radical (unpaired) electrons. The average Bonchev–Trinajstić information content (AvgIpc) is 2.96. The number of hydrogen-bond donors (Lipinski definition) is 2. The smallest absolute Gasteiger partial charge is 0.261 e. The number of carbonyl (C=O) groups excluding carboxylic acids is 1. The molecule has 2 aliphatic heterocycles. The fourth-order valence-corrected chi connectivity index (χ4v) is 3.37. The van der Waals surface area contributed by atoms with Gasteiger partial charge in [0.25, 0.3) is 11.5 Å². The van der Waals surface area contributed by atoms with Crippen molar-refractivity contribution in [1.29, 1.82) is 0 Å². The molecule has 0 saturated carbocycles. The number of ether oxygens (including phenoxy) is 1. The third-order valence-corrected chi connectivity index (χ3v) is 4.85. The lowest BCUT2D eigenvalue weighted by Crippen LogP contribution is -2.49. The largest absolute Gasteiger partial charge is 0.390 e. The van der Waals surface area contributed by atoms with Gasteiger partial charge >= 0.3 is 0 Å². The normalized spacial score (nSPS) is 25.4. The molecule has 3 rings (SSSR count). The summed E-state index contributed by atoms with van der Waals surface area (Å²) in [5.41, 5.74) is 0.578. The van der Waals surface area contributed by atoms with Crippen LogP contribution in [0, 0.1) is 0 Å². The summed E-state index contributed by atoms with van der Waals surface area (Å²) in [6, 6.07) is 3.28. The zero-order chi connectivity index (χ0) is 17.3. The zero-order valence-electron chi connectivity index (χ0n) is 14.2. The predicted octanol–water partition coefficient (Wildman–Crippen LogP) is 0.0158. The Morgan fingerprint density at radius 3 is 2.62 bits per heavy atom. The van der Waals surface area contributed by atoms with Gasteiger partial charge in [0.2, 0.25) is 0 Å². The maximum Gasteiger partial charge on any atom is 0.261 e. The molecule has 7 heteroatoms. The van der Waals surface area contributed by atoms with Crippen molar-refractivity contribution in [2.45, 2.75) is 31.9 Å². The molecule has 0 aromatic carbocycles.